The van der Waals surface area contributed by atoms with Crippen molar-refractivity contribution in [1.29, 1.82) is 0 Å². The van der Waals surface area contributed by atoms with Gasteiger partial charge in [-0.2, -0.15) is 5.10 Å². The number of aromatic nitrogens is 4. The molecule has 3 heterocycles. The lowest BCUT2D eigenvalue weighted by Gasteiger charge is -2.06. The first-order valence-electron chi connectivity index (χ1n) is 5.96. The summed E-state index contributed by atoms with van der Waals surface area (Å²) in [5.74, 6) is -0.199. The van der Waals surface area contributed by atoms with Crippen LogP contribution in [0, 0.1) is 6.92 Å². The lowest BCUT2D eigenvalue weighted by Crippen LogP contribution is -2.11. The number of aryl methyl sites for hydroxylation is 1. The lowest BCUT2D eigenvalue weighted by atomic mass is 10.3. The highest BCUT2D eigenvalue weighted by molar-refractivity contribution is 7.08. The maximum absolute atomic E-state index is 12.0. The van der Waals surface area contributed by atoms with Crippen LogP contribution in [0.4, 0.5) is 5.69 Å². The van der Waals surface area contributed by atoms with Crippen molar-refractivity contribution in [3.63, 3.8) is 0 Å². The van der Waals surface area contributed by atoms with Gasteiger partial charge in [-0.15, -0.1) is 5.10 Å². The summed E-state index contributed by atoms with van der Waals surface area (Å²) < 4.78 is 10.9. The van der Waals surface area contributed by atoms with Gasteiger partial charge in [0.15, 0.2) is 0 Å². The van der Waals surface area contributed by atoms with Gasteiger partial charge in [-0.1, -0.05) is 4.49 Å². The molecule has 8 heteroatoms. The molecule has 0 bridgehead atoms. The van der Waals surface area contributed by atoms with Gasteiger partial charge in [0.25, 0.3) is 5.91 Å². The Morgan fingerprint density at radius 3 is 3.21 bits per heavy atom. The molecular weight excluding hydrogens is 266 g/mol. The molecule has 1 unspecified atom stereocenters. The summed E-state index contributed by atoms with van der Waals surface area (Å²) in [7, 11) is 0. The number of amides is 1. The number of rotatable bonds is 3. The summed E-state index contributed by atoms with van der Waals surface area (Å²) in [6.45, 7) is 3.20. The van der Waals surface area contributed by atoms with E-state index in [1.54, 1.807) is 13.1 Å². The van der Waals surface area contributed by atoms with Crippen LogP contribution in [0.25, 0.3) is 0 Å². The van der Waals surface area contributed by atoms with Gasteiger partial charge < -0.3 is 10.1 Å². The molecule has 0 saturated carbocycles. The third kappa shape index (κ3) is 2.49. The number of hydrogen-bond acceptors (Lipinski definition) is 6. The van der Waals surface area contributed by atoms with Crippen molar-refractivity contribution in [2.45, 2.75) is 19.4 Å². The Labute approximate surface area is 113 Å². The van der Waals surface area contributed by atoms with Crippen LogP contribution in [0.15, 0.2) is 12.4 Å². The molecule has 2 aromatic rings. The van der Waals surface area contributed by atoms with Crippen molar-refractivity contribution in [1.82, 2.24) is 19.4 Å². The van der Waals surface area contributed by atoms with Crippen molar-refractivity contribution in [2.75, 3.05) is 18.5 Å². The first kappa shape index (κ1) is 12.2. The van der Waals surface area contributed by atoms with Gasteiger partial charge in [0, 0.05) is 12.8 Å². The third-order valence-corrected chi connectivity index (χ3v) is 3.82. The van der Waals surface area contributed by atoms with Crippen LogP contribution in [-0.2, 0) is 4.74 Å². The van der Waals surface area contributed by atoms with Crippen molar-refractivity contribution in [3.8, 4) is 0 Å². The van der Waals surface area contributed by atoms with E-state index in [2.05, 4.69) is 20.0 Å². The minimum atomic E-state index is -0.199. The summed E-state index contributed by atoms with van der Waals surface area (Å²) in [5.41, 5.74) is 1.31. The topological polar surface area (TPSA) is 81.9 Å². The molecule has 0 radical (unpaired) electrons. The fraction of sp³-hybridized carbons (Fsp3) is 0.455. The molecule has 0 spiro atoms. The second kappa shape index (κ2) is 5.06. The molecule has 1 aliphatic heterocycles. The van der Waals surface area contributed by atoms with Crippen LogP contribution in [0.1, 0.15) is 27.8 Å². The number of hydrogen-bond donors (Lipinski definition) is 1. The first-order chi connectivity index (χ1) is 9.24. The minimum absolute atomic E-state index is 0.199. The van der Waals surface area contributed by atoms with E-state index in [0.29, 0.717) is 22.9 Å². The maximum atomic E-state index is 12.0. The Morgan fingerprint density at radius 2 is 2.53 bits per heavy atom. The monoisotopic (exact) mass is 279 g/mol. The van der Waals surface area contributed by atoms with E-state index >= 15 is 0 Å². The second-order valence-corrected chi connectivity index (χ2v) is 5.12. The highest BCUT2D eigenvalue weighted by atomic mass is 32.1. The third-order valence-electron chi connectivity index (χ3n) is 3.00. The fourth-order valence-electron chi connectivity index (χ4n) is 1.96. The van der Waals surface area contributed by atoms with Crippen molar-refractivity contribution in [2.24, 2.45) is 0 Å². The first-order valence-corrected chi connectivity index (χ1v) is 6.73. The smallest absolute Gasteiger partial charge is 0.269 e. The Kier molecular flexibility index (Phi) is 3.26. The van der Waals surface area contributed by atoms with Gasteiger partial charge in [-0.3, -0.25) is 9.48 Å². The van der Waals surface area contributed by atoms with Crippen LogP contribution >= 0.6 is 11.5 Å². The second-order valence-electron chi connectivity index (χ2n) is 4.37. The minimum Gasteiger partial charge on any atom is -0.379 e. The van der Waals surface area contributed by atoms with Gasteiger partial charge >= 0.3 is 0 Å². The SMILES string of the molecule is Cc1nnsc1C(=O)Nc1cnn(C2CCOC2)c1. The van der Waals surface area contributed by atoms with Crippen molar-refractivity contribution < 1.29 is 9.53 Å². The van der Waals surface area contributed by atoms with E-state index < -0.39 is 0 Å². The summed E-state index contributed by atoms with van der Waals surface area (Å²) in [6.07, 6.45) is 4.41. The van der Waals surface area contributed by atoms with Gasteiger partial charge in [0.1, 0.15) is 4.88 Å². The summed E-state index contributed by atoms with van der Waals surface area (Å²) >= 11 is 1.09. The maximum Gasteiger partial charge on any atom is 0.269 e. The van der Waals surface area contributed by atoms with E-state index in [1.165, 1.54) is 0 Å². The molecule has 100 valence electrons. The predicted molar refractivity (Wildman–Crippen MR) is 69.3 cm³/mol. The standard InChI is InChI=1S/C11H13N5O2S/c1-7-10(19-15-14-7)11(17)13-8-4-12-16(5-8)9-2-3-18-6-9/h4-5,9H,2-3,6H2,1H3,(H,13,17). The molecule has 1 fully saturated rings. The average Bonchev–Trinajstić information content (AvgIpc) is 3.07. The lowest BCUT2D eigenvalue weighted by molar-refractivity contribution is 0.103. The molecule has 1 aliphatic rings. The number of anilines is 1. The number of nitrogens with one attached hydrogen (secondary N) is 1. The van der Waals surface area contributed by atoms with Crippen molar-refractivity contribution in [3.05, 3.63) is 23.0 Å². The van der Waals surface area contributed by atoms with Crippen LogP contribution in [0.2, 0.25) is 0 Å². The zero-order valence-electron chi connectivity index (χ0n) is 10.4. The van der Waals surface area contributed by atoms with Gasteiger partial charge in [-0.25, -0.2) is 0 Å². The van der Waals surface area contributed by atoms with E-state index in [9.17, 15) is 4.79 Å². The zero-order chi connectivity index (χ0) is 13.2. The van der Waals surface area contributed by atoms with Gasteiger partial charge in [-0.05, 0) is 24.9 Å². The van der Waals surface area contributed by atoms with Crippen LogP contribution in [0.5, 0.6) is 0 Å². The largest absolute Gasteiger partial charge is 0.379 e. The Hall–Kier alpha value is -1.80. The molecule has 1 saturated heterocycles. The van der Waals surface area contributed by atoms with E-state index in [1.807, 2.05) is 10.9 Å². The Morgan fingerprint density at radius 1 is 1.63 bits per heavy atom. The fourth-order valence-corrected chi connectivity index (χ4v) is 2.51. The van der Waals surface area contributed by atoms with Crippen LogP contribution < -0.4 is 5.32 Å². The van der Waals surface area contributed by atoms with E-state index in [0.717, 1.165) is 24.6 Å². The molecule has 19 heavy (non-hydrogen) atoms. The molecule has 1 N–H and O–H groups in total. The average molecular weight is 279 g/mol. The zero-order valence-corrected chi connectivity index (χ0v) is 11.2. The highest BCUT2D eigenvalue weighted by Crippen LogP contribution is 2.20. The predicted octanol–water partition coefficient (Wildman–Crippen LogP) is 1.26. The Balaban J connectivity index is 1.70. The highest BCUT2D eigenvalue weighted by Gasteiger charge is 2.19. The van der Waals surface area contributed by atoms with Crippen LogP contribution in [0.3, 0.4) is 0 Å². The normalized spacial score (nSPS) is 18.7. The quantitative estimate of drug-likeness (QED) is 0.914. The summed E-state index contributed by atoms with van der Waals surface area (Å²) in [6, 6.07) is 0.262. The summed E-state index contributed by atoms with van der Waals surface area (Å²) in [5, 5.41) is 10.9. The van der Waals surface area contributed by atoms with E-state index in [4.69, 9.17) is 4.74 Å². The number of nitrogens with zero attached hydrogens (tertiary/aromatic N) is 4. The molecule has 2 aromatic heterocycles. The number of ether oxygens (including phenoxy) is 1. The molecule has 1 amide bonds. The van der Waals surface area contributed by atoms with Crippen molar-refractivity contribution >= 4 is 23.1 Å². The Bertz CT molecular complexity index is 587. The van der Waals surface area contributed by atoms with Gasteiger partial charge in [0.2, 0.25) is 0 Å². The molecule has 3 rings (SSSR count). The summed E-state index contributed by atoms with van der Waals surface area (Å²) in [4.78, 5) is 12.5. The van der Waals surface area contributed by atoms with E-state index in [-0.39, 0.29) is 11.9 Å². The molecule has 7 nitrogen and oxygen atoms in total. The number of carbonyl (C=O) groups is 1. The molecule has 0 aromatic carbocycles. The van der Waals surface area contributed by atoms with Crippen LogP contribution in [-0.4, -0.2) is 38.5 Å². The molecule has 1 atom stereocenters. The molecular formula is C11H13N5O2S. The van der Waals surface area contributed by atoms with Gasteiger partial charge in [0.05, 0.1) is 30.2 Å². The molecule has 0 aliphatic carbocycles. The number of carbonyl (C=O) groups excluding carboxylic acids is 1.